The molecule has 4 heteroatoms. The Morgan fingerprint density at radius 2 is 2.06 bits per heavy atom. The van der Waals surface area contributed by atoms with Crippen molar-refractivity contribution in [1.29, 1.82) is 0 Å². The first-order chi connectivity index (χ1) is 8.75. The molecular formula is C14H12NO2S-. The van der Waals surface area contributed by atoms with E-state index in [-0.39, 0.29) is 5.92 Å². The van der Waals surface area contributed by atoms with Crippen LogP contribution >= 0.6 is 11.3 Å². The van der Waals surface area contributed by atoms with Crippen LogP contribution in [-0.4, -0.2) is 11.0 Å². The van der Waals surface area contributed by atoms with Crippen molar-refractivity contribution in [2.24, 2.45) is 5.92 Å². The Bertz CT molecular complexity index is 584. The number of carboxylic acids is 1. The van der Waals surface area contributed by atoms with Crippen LogP contribution in [-0.2, 0) is 4.79 Å². The molecule has 0 saturated heterocycles. The highest BCUT2D eigenvalue weighted by Crippen LogP contribution is 2.38. The molecule has 3 rings (SSSR count). The molecule has 92 valence electrons. The summed E-state index contributed by atoms with van der Waals surface area (Å²) in [7, 11) is 0. The number of aromatic nitrogens is 1. The van der Waals surface area contributed by atoms with Crippen molar-refractivity contribution in [1.82, 2.24) is 4.98 Å². The van der Waals surface area contributed by atoms with Crippen molar-refractivity contribution in [3.8, 4) is 0 Å². The monoisotopic (exact) mass is 258 g/mol. The summed E-state index contributed by atoms with van der Waals surface area (Å²) in [4.78, 5) is 15.7. The summed E-state index contributed by atoms with van der Waals surface area (Å²) in [5.74, 6) is -1.46. The standard InChI is InChI=1S/C14H13NO2S/c16-14(17)10-6-2-1-5-9(10)13-15-11-7-3-4-8-12(11)18-13/h1-4,7-10H,5-6H2,(H,16,17)/p-1/t9-,10+/m1/s1. The second kappa shape index (κ2) is 4.53. The molecule has 0 saturated carbocycles. The molecule has 0 radical (unpaired) electrons. The number of nitrogens with zero attached hydrogens (tertiary/aromatic N) is 1. The van der Waals surface area contributed by atoms with Crippen molar-refractivity contribution >= 4 is 27.5 Å². The maximum atomic E-state index is 11.2. The number of carbonyl (C=O) groups is 1. The molecule has 1 aliphatic rings. The van der Waals surface area contributed by atoms with Crippen LogP contribution < -0.4 is 5.11 Å². The molecule has 3 nitrogen and oxygen atoms in total. The van der Waals surface area contributed by atoms with Crippen LogP contribution in [0.1, 0.15) is 23.8 Å². The van der Waals surface area contributed by atoms with E-state index in [2.05, 4.69) is 4.98 Å². The number of fused-ring (bicyclic) bond motifs is 1. The van der Waals surface area contributed by atoms with Crippen LogP contribution in [0.15, 0.2) is 36.4 Å². The number of carboxylic acid groups (broad SMARTS) is 1. The third-order valence-electron chi connectivity index (χ3n) is 3.36. The van der Waals surface area contributed by atoms with Crippen molar-refractivity contribution in [2.45, 2.75) is 18.8 Å². The van der Waals surface area contributed by atoms with Gasteiger partial charge in [0.05, 0.1) is 15.2 Å². The van der Waals surface area contributed by atoms with Gasteiger partial charge in [-0.1, -0.05) is 24.3 Å². The van der Waals surface area contributed by atoms with Crippen LogP contribution in [0.3, 0.4) is 0 Å². The van der Waals surface area contributed by atoms with Gasteiger partial charge in [0, 0.05) is 17.8 Å². The van der Waals surface area contributed by atoms with Gasteiger partial charge >= 0.3 is 0 Å². The molecule has 0 unspecified atom stereocenters. The largest absolute Gasteiger partial charge is 0.550 e. The molecule has 0 aliphatic heterocycles. The highest BCUT2D eigenvalue weighted by Gasteiger charge is 2.27. The second-order valence-electron chi connectivity index (χ2n) is 4.49. The van der Waals surface area contributed by atoms with Gasteiger partial charge in [-0.25, -0.2) is 4.98 Å². The average molecular weight is 258 g/mol. The van der Waals surface area contributed by atoms with Crippen LogP contribution in [0.4, 0.5) is 0 Å². The Hall–Kier alpha value is -1.68. The minimum absolute atomic E-state index is 0.0441. The number of hydrogen-bond donors (Lipinski definition) is 0. The first kappa shape index (κ1) is 11.4. The Morgan fingerprint density at radius 1 is 1.28 bits per heavy atom. The predicted molar refractivity (Wildman–Crippen MR) is 69.2 cm³/mol. The molecule has 1 aliphatic carbocycles. The van der Waals surface area contributed by atoms with Gasteiger partial charge in [0.25, 0.3) is 0 Å². The maximum absolute atomic E-state index is 11.2. The van der Waals surface area contributed by atoms with Gasteiger partial charge in [0.15, 0.2) is 0 Å². The van der Waals surface area contributed by atoms with Gasteiger partial charge in [0.2, 0.25) is 0 Å². The Kier molecular flexibility index (Phi) is 2.88. The maximum Gasteiger partial charge on any atom is 0.0979 e. The summed E-state index contributed by atoms with van der Waals surface area (Å²) in [6, 6.07) is 7.90. The van der Waals surface area contributed by atoms with E-state index in [9.17, 15) is 9.90 Å². The van der Waals surface area contributed by atoms with E-state index in [1.165, 1.54) is 0 Å². The Labute approximate surface area is 109 Å². The summed E-state index contributed by atoms with van der Waals surface area (Å²) in [5, 5.41) is 12.1. The van der Waals surface area contributed by atoms with Crippen LogP contribution in [0.25, 0.3) is 10.2 Å². The third-order valence-corrected chi connectivity index (χ3v) is 4.53. The molecule has 0 amide bonds. The predicted octanol–water partition coefficient (Wildman–Crippen LogP) is 2.10. The average Bonchev–Trinajstić information content (AvgIpc) is 2.82. The van der Waals surface area contributed by atoms with Crippen LogP contribution in [0, 0.1) is 5.92 Å². The molecular weight excluding hydrogens is 246 g/mol. The topological polar surface area (TPSA) is 53.0 Å². The van der Waals surface area contributed by atoms with Crippen LogP contribution in [0.2, 0.25) is 0 Å². The fraction of sp³-hybridized carbons (Fsp3) is 0.286. The highest BCUT2D eigenvalue weighted by molar-refractivity contribution is 7.18. The van der Waals surface area contributed by atoms with Crippen molar-refractivity contribution < 1.29 is 9.90 Å². The lowest BCUT2D eigenvalue weighted by Crippen LogP contribution is -2.35. The van der Waals surface area contributed by atoms with Gasteiger partial charge in [-0.2, -0.15) is 0 Å². The molecule has 0 spiro atoms. The third kappa shape index (κ3) is 1.93. The number of carbonyl (C=O) groups excluding carboxylic acids is 1. The smallest absolute Gasteiger partial charge is 0.0979 e. The number of aliphatic carboxylic acids is 1. The van der Waals surface area contributed by atoms with E-state index >= 15 is 0 Å². The zero-order valence-corrected chi connectivity index (χ0v) is 10.5. The first-order valence-electron chi connectivity index (χ1n) is 5.97. The number of benzene rings is 1. The summed E-state index contributed by atoms with van der Waals surface area (Å²) < 4.78 is 1.11. The lowest BCUT2D eigenvalue weighted by Gasteiger charge is -2.27. The summed E-state index contributed by atoms with van der Waals surface area (Å²) >= 11 is 1.59. The highest BCUT2D eigenvalue weighted by atomic mass is 32.1. The molecule has 1 aromatic heterocycles. The van der Waals surface area contributed by atoms with Gasteiger partial charge in [0.1, 0.15) is 0 Å². The number of thiazole rings is 1. The number of rotatable bonds is 2. The normalized spacial score (nSPS) is 23.3. The minimum atomic E-state index is -0.969. The van der Waals surface area contributed by atoms with Crippen molar-refractivity contribution in [3.63, 3.8) is 0 Å². The van der Waals surface area contributed by atoms with E-state index in [0.717, 1.165) is 21.6 Å². The second-order valence-corrected chi connectivity index (χ2v) is 5.56. The van der Waals surface area contributed by atoms with E-state index in [4.69, 9.17) is 0 Å². The van der Waals surface area contributed by atoms with Gasteiger partial charge < -0.3 is 9.90 Å². The zero-order valence-electron chi connectivity index (χ0n) is 9.70. The molecule has 0 bridgehead atoms. The SMILES string of the molecule is O=C([O-])[C@H]1CC=CC[C@H]1c1nc2ccccc2s1. The van der Waals surface area contributed by atoms with Crippen molar-refractivity contribution in [2.75, 3.05) is 0 Å². The van der Waals surface area contributed by atoms with Crippen molar-refractivity contribution in [3.05, 3.63) is 41.4 Å². The van der Waals surface area contributed by atoms with E-state index < -0.39 is 11.9 Å². The Balaban J connectivity index is 2.02. The zero-order chi connectivity index (χ0) is 12.5. The molecule has 0 N–H and O–H groups in total. The molecule has 1 aromatic carbocycles. The van der Waals surface area contributed by atoms with E-state index in [1.54, 1.807) is 11.3 Å². The molecule has 18 heavy (non-hydrogen) atoms. The van der Waals surface area contributed by atoms with Crippen LogP contribution in [0.5, 0.6) is 0 Å². The first-order valence-corrected chi connectivity index (χ1v) is 6.78. The fourth-order valence-corrected chi connectivity index (χ4v) is 3.54. The lowest BCUT2D eigenvalue weighted by atomic mass is 9.83. The number of allylic oxidation sites excluding steroid dienone is 2. The quantitative estimate of drug-likeness (QED) is 0.775. The lowest BCUT2D eigenvalue weighted by molar-refractivity contribution is -0.312. The number of hydrogen-bond acceptors (Lipinski definition) is 4. The van der Waals surface area contributed by atoms with E-state index in [1.807, 2.05) is 36.4 Å². The summed E-state index contributed by atoms with van der Waals surface area (Å²) in [5.41, 5.74) is 0.948. The minimum Gasteiger partial charge on any atom is -0.550 e. The van der Waals surface area contributed by atoms with E-state index in [0.29, 0.717) is 6.42 Å². The molecule has 2 atom stereocenters. The fourth-order valence-electron chi connectivity index (χ4n) is 2.40. The molecule has 1 heterocycles. The number of para-hydroxylation sites is 1. The Morgan fingerprint density at radius 3 is 2.83 bits per heavy atom. The molecule has 0 fully saturated rings. The van der Waals surface area contributed by atoms with Gasteiger partial charge in [-0.15, -0.1) is 11.3 Å². The van der Waals surface area contributed by atoms with Gasteiger partial charge in [-0.3, -0.25) is 0 Å². The van der Waals surface area contributed by atoms with Gasteiger partial charge in [-0.05, 0) is 25.0 Å². The summed E-state index contributed by atoms with van der Waals surface area (Å²) in [6.45, 7) is 0. The summed E-state index contributed by atoms with van der Waals surface area (Å²) in [6.07, 6.45) is 5.24. The molecule has 2 aromatic rings.